The van der Waals surface area contributed by atoms with Crippen LogP contribution in [0.25, 0.3) is 10.2 Å². The minimum absolute atomic E-state index is 0.00462. The predicted octanol–water partition coefficient (Wildman–Crippen LogP) is 2.98. The second-order valence-corrected chi connectivity index (χ2v) is 6.34. The molecule has 0 fully saturated rings. The Kier molecular flexibility index (Phi) is 4.32. The summed E-state index contributed by atoms with van der Waals surface area (Å²) in [7, 11) is 0. The first-order chi connectivity index (χ1) is 11.9. The molecule has 1 aromatic carbocycles. The maximum absolute atomic E-state index is 12.3. The summed E-state index contributed by atoms with van der Waals surface area (Å²) in [6.07, 6.45) is 0. The molecule has 0 amide bonds. The van der Waals surface area contributed by atoms with Crippen molar-refractivity contribution in [3.05, 3.63) is 61.0 Å². The zero-order chi connectivity index (χ0) is 18.1. The molecule has 3 rings (SSSR count). The topological polar surface area (TPSA) is 115 Å². The molecular weight excluding hydrogens is 346 g/mol. The Morgan fingerprint density at radius 2 is 2.04 bits per heavy atom. The minimum atomic E-state index is -0.498. The molecule has 128 valence electrons. The summed E-state index contributed by atoms with van der Waals surface area (Å²) < 4.78 is 5.50. The van der Waals surface area contributed by atoms with E-state index in [1.54, 1.807) is 6.92 Å². The molecule has 0 radical (unpaired) electrons. The van der Waals surface area contributed by atoms with E-state index >= 15 is 0 Å². The molecule has 0 spiro atoms. The Hall–Kier alpha value is -3.07. The number of non-ortho nitro benzene ring substituents is 1. The number of benzene rings is 1. The van der Waals surface area contributed by atoms with Gasteiger partial charge in [0.15, 0.2) is 5.78 Å². The molecule has 0 atom stereocenters. The first-order valence-electron chi connectivity index (χ1n) is 7.27. The Labute approximate surface area is 145 Å². The van der Waals surface area contributed by atoms with Crippen molar-refractivity contribution >= 4 is 33.0 Å². The van der Waals surface area contributed by atoms with Gasteiger partial charge in [0.05, 0.1) is 15.2 Å². The lowest BCUT2D eigenvalue weighted by Crippen LogP contribution is -2.13. The van der Waals surface area contributed by atoms with E-state index in [9.17, 15) is 19.7 Å². The van der Waals surface area contributed by atoms with Gasteiger partial charge in [0.2, 0.25) is 0 Å². The van der Waals surface area contributed by atoms with Crippen LogP contribution in [0.2, 0.25) is 0 Å². The van der Waals surface area contributed by atoms with E-state index in [1.165, 1.54) is 42.5 Å². The van der Waals surface area contributed by atoms with Gasteiger partial charge in [-0.15, -0.1) is 11.3 Å². The quantitative estimate of drug-likeness (QED) is 0.425. The van der Waals surface area contributed by atoms with Gasteiger partial charge in [0.1, 0.15) is 23.0 Å². The number of nitrogens with one attached hydrogen (secondary N) is 1. The molecule has 0 saturated carbocycles. The molecule has 1 N–H and O–H groups in total. The number of carbonyl (C=O) groups is 1. The van der Waals surface area contributed by atoms with Crippen molar-refractivity contribution in [2.45, 2.75) is 20.5 Å². The first-order valence-corrected chi connectivity index (χ1v) is 8.09. The van der Waals surface area contributed by atoms with E-state index in [0.717, 1.165) is 0 Å². The third-order valence-electron chi connectivity index (χ3n) is 3.59. The molecule has 0 saturated heterocycles. The highest BCUT2D eigenvalue weighted by Crippen LogP contribution is 2.27. The average Bonchev–Trinajstić information content (AvgIpc) is 2.91. The number of hydrogen-bond acceptors (Lipinski definition) is 7. The maximum atomic E-state index is 12.3. The molecule has 9 heteroatoms. The van der Waals surface area contributed by atoms with Crippen molar-refractivity contribution < 1.29 is 14.5 Å². The van der Waals surface area contributed by atoms with Crippen molar-refractivity contribution in [1.29, 1.82) is 0 Å². The lowest BCUT2D eigenvalue weighted by Gasteiger charge is -2.05. The number of nitro groups is 1. The number of fused-ring (bicyclic) bond motifs is 1. The highest BCUT2D eigenvalue weighted by molar-refractivity contribution is 7.20. The van der Waals surface area contributed by atoms with Gasteiger partial charge in [-0.25, -0.2) is 4.98 Å². The second-order valence-electron chi connectivity index (χ2n) is 5.34. The average molecular weight is 359 g/mol. The number of ketones is 1. The summed E-state index contributed by atoms with van der Waals surface area (Å²) in [4.78, 5) is 42.0. The molecule has 3 aromatic rings. The van der Waals surface area contributed by atoms with Crippen molar-refractivity contribution in [3.63, 3.8) is 0 Å². The number of aromatic amines is 1. The minimum Gasteiger partial charge on any atom is -0.486 e. The molecule has 0 aliphatic heterocycles. The molecule has 0 aliphatic rings. The largest absolute Gasteiger partial charge is 0.486 e. The van der Waals surface area contributed by atoms with Crippen molar-refractivity contribution in [1.82, 2.24) is 9.97 Å². The van der Waals surface area contributed by atoms with Gasteiger partial charge in [0, 0.05) is 12.1 Å². The summed E-state index contributed by atoms with van der Waals surface area (Å²) >= 11 is 1.18. The molecular formula is C16H13N3O5S. The molecule has 25 heavy (non-hydrogen) atoms. The van der Waals surface area contributed by atoms with Crippen molar-refractivity contribution in [2.24, 2.45) is 0 Å². The zero-order valence-corrected chi connectivity index (χ0v) is 14.2. The fourth-order valence-electron chi connectivity index (χ4n) is 2.41. The molecule has 0 aliphatic carbocycles. The highest BCUT2D eigenvalue weighted by atomic mass is 32.1. The third kappa shape index (κ3) is 3.26. The summed E-state index contributed by atoms with van der Waals surface area (Å²) in [6, 6.07) is 5.60. The van der Waals surface area contributed by atoms with E-state index < -0.39 is 4.92 Å². The van der Waals surface area contributed by atoms with Crippen LogP contribution in [-0.4, -0.2) is 20.7 Å². The van der Waals surface area contributed by atoms with Gasteiger partial charge in [-0.2, -0.15) is 0 Å². The standard InChI is InChI=1S/C16H13N3O5S/c1-8-13-15(21)17-12(18-16(13)25-14(8)9(2)20)7-24-11-5-3-10(4-6-11)19(22)23/h3-6H,7H2,1-2H3,(H,17,18,21). The van der Waals surface area contributed by atoms with Crippen LogP contribution in [-0.2, 0) is 6.61 Å². The monoisotopic (exact) mass is 359 g/mol. The number of aromatic nitrogens is 2. The number of aryl methyl sites for hydroxylation is 1. The van der Waals surface area contributed by atoms with Gasteiger partial charge >= 0.3 is 0 Å². The van der Waals surface area contributed by atoms with E-state index in [2.05, 4.69) is 9.97 Å². The first kappa shape index (κ1) is 16.8. The fraction of sp³-hybridized carbons (Fsp3) is 0.188. The molecule has 2 aromatic heterocycles. The normalized spacial score (nSPS) is 10.8. The van der Waals surface area contributed by atoms with E-state index in [-0.39, 0.29) is 23.6 Å². The van der Waals surface area contributed by atoms with Crippen molar-refractivity contribution in [3.8, 4) is 5.75 Å². The van der Waals surface area contributed by atoms with E-state index in [0.29, 0.717) is 32.2 Å². The lowest BCUT2D eigenvalue weighted by atomic mass is 10.2. The molecule has 0 unspecified atom stereocenters. The second kappa shape index (κ2) is 6.44. The number of nitrogens with zero attached hydrogens (tertiary/aromatic N) is 2. The Balaban J connectivity index is 1.85. The van der Waals surface area contributed by atoms with Gasteiger partial charge in [0.25, 0.3) is 11.2 Å². The zero-order valence-electron chi connectivity index (χ0n) is 13.4. The van der Waals surface area contributed by atoms with Crippen LogP contribution in [0.4, 0.5) is 5.69 Å². The lowest BCUT2D eigenvalue weighted by molar-refractivity contribution is -0.384. The number of carbonyl (C=O) groups excluding carboxylic acids is 1. The number of Topliss-reactive ketones (excluding diaryl/α,β-unsaturated/α-hetero) is 1. The van der Waals surface area contributed by atoms with Crippen LogP contribution in [0, 0.1) is 17.0 Å². The van der Waals surface area contributed by atoms with Crippen LogP contribution in [0.1, 0.15) is 28.0 Å². The van der Waals surface area contributed by atoms with Gasteiger partial charge in [-0.3, -0.25) is 19.7 Å². The third-order valence-corrected chi connectivity index (χ3v) is 4.88. The van der Waals surface area contributed by atoms with Crippen molar-refractivity contribution in [2.75, 3.05) is 0 Å². The van der Waals surface area contributed by atoms with Gasteiger partial charge < -0.3 is 9.72 Å². The van der Waals surface area contributed by atoms with E-state index in [1.807, 2.05) is 0 Å². The Morgan fingerprint density at radius 3 is 2.64 bits per heavy atom. The summed E-state index contributed by atoms with van der Waals surface area (Å²) in [5.74, 6) is 0.621. The number of ether oxygens (including phenoxy) is 1. The van der Waals surface area contributed by atoms with Crippen LogP contribution >= 0.6 is 11.3 Å². The number of H-pyrrole nitrogens is 1. The Morgan fingerprint density at radius 1 is 1.36 bits per heavy atom. The molecule has 0 bridgehead atoms. The number of nitro benzene ring substituents is 1. The van der Waals surface area contributed by atoms with E-state index in [4.69, 9.17) is 4.74 Å². The van der Waals surface area contributed by atoms with Gasteiger partial charge in [-0.1, -0.05) is 0 Å². The van der Waals surface area contributed by atoms with Crippen LogP contribution in [0.15, 0.2) is 29.1 Å². The van der Waals surface area contributed by atoms with Crippen LogP contribution < -0.4 is 10.3 Å². The van der Waals surface area contributed by atoms with Crippen LogP contribution in [0.5, 0.6) is 5.75 Å². The number of hydrogen-bond donors (Lipinski definition) is 1. The van der Waals surface area contributed by atoms with Gasteiger partial charge in [-0.05, 0) is 31.5 Å². The highest BCUT2D eigenvalue weighted by Gasteiger charge is 2.17. The summed E-state index contributed by atoms with van der Waals surface area (Å²) in [5, 5.41) is 11.0. The maximum Gasteiger partial charge on any atom is 0.269 e. The fourth-order valence-corrected chi connectivity index (χ4v) is 3.50. The summed E-state index contributed by atoms with van der Waals surface area (Å²) in [5.41, 5.74) is 0.267. The summed E-state index contributed by atoms with van der Waals surface area (Å²) in [6.45, 7) is 3.17. The number of rotatable bonds is 5. The Bertz CT molecular complexity index is 1040. The predicted molar refractivity (Wildman–Crippen MR) is 92.4 cm³/mol. The molecule has 8 nitrogen and oxygen atoms in total. The number of thiophene rings is 1. The smallest absolute Gasteiger partial charge is 0.269 e. The van der Waals surface area contributed by atoms with Crippen LogP contribution in [0.3, 0.4) is 0 Å². The SMILES string of the molecule is CC(=O)c1sc2nc(COc3ccc([N+](=O)[O-])cc3)[nH]c(=O)c2c1C. The molecule has 2 heterocycles.